The minimum Gasteiger partial charge on any atom is -0.319 e. The van der Waals surface area contributed by atoms with E-state index in [0.29, 0.717) is 29.4 Å². The van der Waals surface area contributed by atoms with Gasteiger partial charge in [0.2, 0.25) is 11.8 Å². The molecule has 2 amide bonds. The van der Waals surface area contributed by atoms with Gasteiger partial charge in [-0.3, -0.25) is 14.2 Å². The summed E-state index contributed by atoms with van der Waals surface area (Å²) in [7, 11) is 3.48. The molecule has 0 saturated carbocycles. The predicted molar refractivity (Wildman–Crippen MR) is 94.7 cm³/mol. The van der Waals surface area contributed by atoms with Crippen molar-refractivity contribution < 1.29 is 9.59 Å². The maximum atomic E-state index is 12.7. The van der Waals surface area contributed by atoms with E-state index in [-0.39, 0.29) is 24.7 Å². The minimum absolute atomic E-state index is 0.262. The average molecular weight is 340 g/mol. The lowest BCUT2D eigenvalue weighted by Gasteiger charge is -2.25. The van der Waals surface area contributed by atoms with E-state index >= 15 is 0 Å². The highest BCUT2D eigenvalue weighted by Gasteiger charge is 2.31. The quantitative estimate of drug-likeness (QED) is 0.501. The Kier molecular flexibility index (Phi) is 4.72. The first-order chi connectivity index (χ1) is 12.1. The Morgan fingerprint density at radius 2 is 1.88 bits per heavy atom. The third-order valence-corrected chi connectivity index (χ3v) is 4.22. The second kappa shape index (κ2) is 6.95. The lowest BCUT2D eigenvalue weighted by Crippen LogP contribution is -2.52. The molecule has 1 aliphatic rings. The number of imidazole rings is 1. The number of fused-ring (bicyclic) bond motifs is 1. The molecule has 0 spiro atoms. The summed E-state index contributed by atoms with van der Waals surface area (Å²) in [4.78, 5) is 37.2. The Balaban J connectivity index is 2.17. The Bertz CT molecular complexity index is 942. The molecular weight excluding hydrogens is 320 g/mol. The molecule has 7 heteroatoms. The molecule has 1 N–H and O–H groups in total. The average Bonchev–Trinajstić information content (AvgIpc) is 2.84. The molecule has 0 radical (unpaired) electrons. The van der Waals surface area contributed by atoms with Gasteiger partial charge in [0.25, 0.3) is 0 Å². The fourth-order valence-electron chi connectivity index (χ4n) is 3.00. The van der Waals surface area contributed by atoms with Crippen LogP contribution < -0.4 is 16.0 Å². The van der Waals surface area contributed by atoms with Crippen molar-refractivity contribution in [1.29, 1.82) is 0 Å². The van der Waals surface area contributed by atoms with Crippen LogP contribution >= 0.6 is 0 Å². The Labute approximate surface area is 145 Å². The van der Waals surface area contributed by atoms with Crippen LogP contribution in [0.3, 0.4) is 0 Å². The summed E-state index contributed by atoms with van der Waals surface area (Å²) in [6.45, 7) is 0.777. The topological polar surface area (TPSA) is 76.3 Å². The number of benzene rings is 1. The number of nitrogens with zero attached hydrogens (tertiary/aromatic N) is 3. The van der Waals surface area contributed by atoms with Crippen LogP contribution in [0.1, 0.15) is 31.2 Å². The second-order valence-corrected chi connectivity index (χ2v) is 5.93. The molecular formula is C18H20N4O3. The number of aryl methyl sites for hydroxylation is 1. The van der Waals surface area contributed by atoms with E-state index in [9.17, 15) is 14.4 Å². The molecule has 3 rings (SSSR count). The van der Waals surface area contributed by atoms with Crippen LogP contribution in [-0.4, -0.2) is 34.6 Å². The largest absolute Gasteiger partial charge is 0.348 e. The number of hydrogen-bond acceptors (Lipinski definition) is 4. The van der Waals surface area contributed by atoms with Crippen molar-refractivity contribution in [3.63, 3.8) is 0 Å². The smallest absolute Gasteiger partial charge is 0.319 e. The summed E-state index contributed by atoms with van der Waals surface area (Å²) in [5.74, 6) is 5.44. The van der Waals surface area contributed by atoms with E-state index < -0.39 is 5.69 Å². The molecule has 7 nitrogen and oxygen atoms in total. The van der Waals surface area contributed by atoms with E-state index in [2.05, 4.69) is 17.2 Å². The highest BCUT2D eigenvalue weighted by atomic mass is 16.2. The molecule has 25 heavy (non-hydrogen) atoms. The van der Waals surface area contributed by atoms with Gasteiger partial charge in [-0.1, -0.05) is 17.9 Å². The lowest BCUT2D eigenvalue weighted by molar-refractivity contribution is -0.131. The molecule has 1 aliphatic heterocycles. The van der Waals surface area contributed by atoms with Crippen LogP contribution in [0.2, 0.25) is 0 Å². The maximum absolute atomic E-state index is 12.7. The van der Waals surface area contributed by atoms with E-state index in [0.717, 1.165) is 11.6 Å². The maximum Gasteiger partial charge on any atom is 0.348 e. The van der Waals surface area contributed by atoms with Gasteiger partial charge in [0.15, 0.2) is 0 Å². The molecule has 0 unspecified atom stereocenters. The zero-order valence-electron chi connectivity index (χ0n) is 14.3. The van der Waals surface area contributed by atoms with Crippen molar-refractivity contribution in [3.8, 4) is 11.8 Å². The summed E-state index contributed by atoms with van der Waals surface area (Å²) in [5, 5.41) is 4.00. The molecule has 0 atom stereocenters. The van der Waals surface area contributed by atoms with Gasteiger partial charge >= 0.3 is 5.69 Å². The minimum atomic E-state index is -0.428. The van der Waals surface area contributed by atoms with Gasteiger partial charge in [0.05, 0.1) is 16.6 Å². The molecule has 1 saturated heterocycles. The fourth-order valence-corrected chi connectivity index (χ4v) is 3.00. The number of hydrogen-bond donors (Lipinski definition) is 1. The van der Waals surface area contributed by atoms with E-state index in [1.807, 2.05) is 13.1 Å². The second-order valence-electron chi connectivity index (χ2n) is 5.93. The van der Waals surface area contributed by atoms with Gasteiger partial charge in [-0.15, -0.1) is 0 Å². The third-order valence-electron chi connectivity index (χ3n) is 4.22. The number of para-hydroxylation sites is 1. The Morgan fingerprint density at radius 3 is 2.56 bits per heavy atom. The Morgan fingerprint density at radius 1 is 1.16 bits per heavy atom. The number of nitrogens with one attached hydrogen (secondary N) is 1. The summed E-state index contributed by atoms with van der Waals surface area (Å²) in [5.41, 5.74) is 1.40. The molecule has 1 aromatic heterocycles. The van der Waals surface area contributed by atoms with Gasteiger partial charge in [-0.25, -0.2) is 4.79 Å². The summed E-state index contributed by atoms with van der Waals surface area (Å²) < 4.78 is 2.62. The molecule has 2 heterocycles. The summed E-state index contributed by atoms with van der Waals surface area (Å²) in [6.07, 6.45) is 1.73. The first-order valence-corrected chi connectivity index (χ1v) is 8.26. The van der Waals surface area contributed by atoms with E-state index in [1.165, 1.54) is 9.24 Å². The van der Waals surface area contributed by atoms with Gasteiger partial charge in [-0.2, -0.15) is 9.69 Å². The third kappa shape index (κ3) is 2.96. The van der Waals surface area contributed by atoms with Crippen molar-refractivity contribution in [3.05, 3.63) is 34.2 Å². The predicted octanol–water partition coefficient (Wildman–Crippen LogP) is 0.476. The Hall–Kier alpha value is -2.85. The number of imide groups is 1. The van der Waals surface area contributed by atoms with Crippen molar-refractivity contribution >= 4 is 22.8 Å². The molecule has 2 aromatic rings. The van der Waals surface area contributed by atoms with Crippen LogP contribution in [0, 0.1) is 11.8 Å². The van der Waals surface area contributed by atoms with E-state index in [4.69, 9.17) is 0 Å². The van der Waals surface area contributed by atoms with Gasteiger partial charge < -0.3 is 5.32 Å². The van der Waals surface area contributed by atoms with Crippen LogP contribution in [0.5, 0.6) is 0 Å². The molecule has 1 aromatic carbocycles. The lowest BCUT2D eigenvalue weighted by atomic mass is 10.1. The van der Waals surface area contributed by atoms with Crippen molar-refractivity contribution in [2.75, 3.05) is 18.6 Å². The molecule has 0 bridgehead atoms. The zero-order chi connectivity index (χ0) is 18.0. The number of piperidine rings is 1. The van der Waals surface area contributed by atoms with Crippen molar-refractivity contribution in [2.24, 2.45) is 7.05 Å². The van der Waals surface area contributed by atoms with E-state index in [1.54, 1.807) is 19.2 Å². The number of rotatable bonds is 3. The van der Waals surface area contributed by atoms with Gasteiger partial charge in [0.1, 0.15) is 0 Å². The first-order valence-electron chi connectivity index (χ1n) is 8.26. The SMILES string of the molecule is CNCCC#Cc1cccc2c1n(C)c(=O)n2N1C(=O)CCCC1=O. The van der Waals surface area contributed by atoms with Crippen LogP contribution in [0.25, 0.3) is 11.0 Å². The van der Waals surface area contributed by atoms with Crippen LogP contribution in [0.4, 0.5) is 0 Å². The number of carbonyl (C=O) groups excluding carboxylic acids is 2. The molecule has 0 aliphatic carbocycles. The normalized spacial score (nSPS) is 14.7. The van der Waals surface area contributed by atoms with Crippen LogP contribution in [0.15, 0.2) is 23.0 Å². The number of aromatic nitrogens is 2. The number of amides is 2. The molecule has 1 fully saturated rings. The summed E-state index contributed by atoms with van der Waals surface area (Å²) >= 11 is 0. The highest BCUT2D eigenvalue weighted by Crippen LogP contribution is 2.20. The standard InChI is InChI=1S/C18H20N4O3/c1-19-12-4-3-7-13-8-5-9-14-17(13)20(2)18(25)21(14)22-15(23)10-6-11-16(22)24/h5,8-9,19H,4,6,10-12H2,1-2H3. The highest BCUT2D eigenvalue weighted by molar-refractivity contribution is 6.11. The summed E-state index contributed by atoms with van der Waals surface area (Å²) in [6, 6.07) is 5.34. The number of carbonyl (C=O) groups is 2. The van der Waals surface area contributed by atoms with Gasteiger partial charge in [0, 0.05) is 32.9 Å². The van der Waals surface area contributed by atoms with Crippen molar-refractivity contribution in [2.45, 2.75) is 25.7 Å². The van der Waals surface area contributed by atoms with Crippen molar-refractivity contribution in [1.82, 2.24) is 14.6 Å². The zero-order valence-corrected chi connectivity index (χ0v) is 14.3. The van der Waals surface area contributed by atoms with Crippen LogP contribution in [-0.2, 0) is 16.6 Å². The van der Waals surface area contributed by atoms with Gasteiger partial charge in [-0.05, 0) is 25.6 Å². The fraction of sp³-hybridized carbons (Fsp3) is 0.389. The first kappa shape index (κ1) is 17.0. The monoisotopic (exact) mass is 340 g/mol. The molecule has 130 valence electrons.